The predicted octanol–water partition coefficient (Wildman–Crippen LogP) is 0.331. The lowest BCUT2D eigenvalue weighted by Gasteiger charge is -2.20. The molecular formula is C10H23ClN2O3S. The molecule has 0 aromatic rings. The van der Waals surface area contributed by atoms with Gasteiger partial charge in [-0.3, -0.25) is 4.79 Å². The van der Waals surface area contributed by atoms with E-state index < -0.39 is 21.0 Å². The van der Waals surface area contributed by atoms with Gasteiger partial charge in [0.05, 0.1) is 0 Å². The topological polar surface area (TPSA) is 89.3 Å². The van der Waals surface area contributed by atoms with Crippen LogP contribution in [0.3, 0.4) is 0 Å². The first kappa shape index (κ1) is 19.0. The summed E-state index contributed by atoms with van der Waals surface area (Å²) in [7, 11) is -3.34. The second kappa shape index (κ2) is 7.89. The van der Waals surface area contributed by atoms with Gasteiger partial charge >= 0.3 is 0 Å². The van der Waals surface area contributed by atoms with Crippen LogP contribution in [0.1, 0.15) is 27.2 Å². The molecule has 0 saturated carbocycles. The lowest BCUT2D eigenvalue weighted by Crippen LogP contribution is -2.46. The molecule has 0 radical (unpaired) electrons. The Hall–Kier alpha value is -0.330. The highest BCUT2D eigenvalue weighted by molar-refractivity contribution is 7.92. The van der Waals surface area contributed by atoms with Gasteiger partial charge in [-0.25, -0.2) is 8.42 Å². The van der Waals surface area contributed by atoms with Gasteiger partial charge in [-0.2, -0.15) is 0 Å². The van der Waals surface area contributed by atoms with E-state index in [-0.39, 0.29) is 18.4 Å². The molecule has 0 aliphatic heterocycles. The van der Waals surface area contributed by atoms with Gasteiger partial charge in [-0.05, 0) is 19.3 Å². The fourth-order valence-electron chi connectivity index (χ4n) is 1.30. The highest BCUT2D eigenvalue weighted by Gasteiger charge is 2.25. The highest BCUT2D eigenvalue weighted by atomic mass is 35.5. The number of hydrogen-bond donors (Lipinski definition) is 2. The van der Waals surface area contributed by atoms with Crippen molar-refractivity contribution in [1.29, 1.82) is 0 Å². The van der Waals surface area contributed by atoms with E-state index in [0.29, 0.717) is 12.5 Å². The second-order valence-corrected chi connectivity index (χ2v) is 6.91. The van der Waals surface area contributed by atoms with Gasteiger partial charge < -0.3 is 11.1 Å². The van der Waals surface area contributed by atoms with Crippen LogP contribution in [0, 0.1) is 5.92 Å². The summed E-state index contributed by atoms with van der Waals surface area (Å²) in [5.41, 5.74) is 5.51. The van der Waals surface area contributed by atoms with Crippen LogP contribution < -0.4 is 11.1 Å². The van der Waals surface area contributed by atoms with Crippen LogP contribution in [0.5, 0.6) is 0 Å². The largest absolute Gasteiger partial charge is 0.351 e. The van der Waals surface area contributed by atoms with Crippen LogP contribution in [0.2, 0.25) is 0 Å². The third kappa shape index (κ3) is 7.57. The molecule has 0 spiro atoms. The quantitative estimate of drug-likeness (QED) is 0.736. The molecule has 1 amide bonds. The van der Waals surface area contributed by atoms with Crippen molar-refractivity contribution >= 4 is 28.2 Å². The van der Waals surface area contributed by atoms with Crippen molar-refractivity contribution in [2.24, 2.45) is 11.7 Å². The van der Waals surface area contributed by atoms with E-state index in [1.54, 1.807) is 0 Å². The highest BCUT2D eigenvalue weighted by Crippen LogP contribution is 2.05. The number of nitrogens with two attached hydrogens (primary N) is 1. The summed E-state index contributed by atoms with van der Waals surface area (Å²) >= 11 is 0. The van der Waals surface area contributed by atoms with Gasteiger partial charge in [0.1, 0.15) is 5.25 Å². The molecule has 0 aliphatic carbocycles. The molecular weight excluding hydrogens is 264 g/mol. The summed E-state index contributed by atoms with van der Waals surface area (Å²) in [5.74, 6) is -0.0685. The first-order valence-electron chi connectivity index (χ1n) is 5.37. The third-order valence-electron chi connectivity index (χ3n) is 2.40. The van der Waals surface area contributed by atoms with Crippen LogP contribution in [-0.4, -0.2) is 38.4 Å². The van der Waals surface area contributed by atoms with Crippen molar-refractivity contribution < 1.29 is 13.2 Å². The van der Waals surface area contributed by atoms with Crippen molar-refractivity contribution in [1.82, 2.24) is 5.32 Å². The van der Waals surface area contributed by atoms with Gasteiger partial charge in [0, 0.05) is 18.8 Å². The van der Waals surface area contributed by atoms with E-state index in [1.807, 2.05) is 13.8 Å². The van der Waals surface area contributed by atoms with Crippen molar-refractivity contribution in [3.05, 3.63) is 0 Å². The van der Waals surface area contributed by atoms with E-state index in [4.69, 9.17) is 5.73 Å². The van der Waals surface area contributed by atoms with Crippen LogP contribution in [0.4, 0.5) is 0 Å². The van der Waals surface area contributed by atoms with E-state index in [1.165, 1.54) is 6.92 Å². The van der Waals surface area contributed by atoms with E-state index in [0.717, 1.165) is 12.7 Å². The summed E-state index contributed by atoms with van der Waals surface area (Å²) in [6, 6.07) is -0.156. The first-order chi connectivity index (χ1) is 7.18. The Bertz CT molecular complexity index is 330. The van der Waals surface area contributed by atoms with Gasteiger partial charge in [-0.15, -0.1) is 12.4 Å². The lowest BCUT2D eigenvalue weighted by atomic mass is 10.0. The molecule has 2 unspecified atom stereocenters. The Morgan fingerprint density at radius 1 is 1.29 bits per heavy atom. The summed E-state index contributed by atoms with van der Waals surface area (Å²) in [6.45, 7) is 5.75. The van der Waals surface area contributed by atoms with E-state index in [9.17, 15) is 13.2 Å². The molecule has 0 rings (SSSR count). The minimum absolute atomic E-state index is 0. The summed E-state index contributed by atoms with van der Waals surface area (Å²) in [6.07, 6.45) is 1.80. The molecule has 3 N–H and O–H groups in total. The Labute approximate surface area is 110 Å². The molecule has 104 valence electrons. The maximum atomic E-state index is 11.6. The molecule has 0 aromatic carbocycles. The number of halogens is 1. The number of nitrogens with one attached hydrogen (secondary N) is 1. The van der Waals surface area contributed by atoms with Crippen LogP contribution in [-0.2, 0) is 14.6 Å². The molecule has 0 saturated heterocycles. The molecule has 0 heterocycles. The van der Waals surface area contributed by atoms with Crippen LogP contribution in [0.15, 0.2) is 0 Å². The average molecular weight is 287 g/mol. The number of amides is 1. The molecule has 0 bridgehead atoms. The normalized spacial score (nSPS) is 14.9. The summed E-state index contributed by atoms with van der Waals surface area (Å²) in [4.78, 5) is 11.6. The van der Waals surface area contributed by atoms with Gasteiger partial charge in [0.15, 0.2) is 9.84 Å². The summed E-state index contributed by atoms with van der Waals surface area (Å²) < 4.78 is 22.3. The average Bonchev–Trinajstić information content (AvgIpc) is 2.13. The molecule has 0 aromatic heterocycles. The molecule has 2 atom stereocenters. The minimum atomic E-state index is -3.34. The van der Waals surface area contributed by atoms with Gasteiger partial charge in [-0.1, -0.05) is 13.8 Å². The number of carbonyl (C=O) groups excluding carboxylic acids is 1. The zero-order valence-electron chi connectivity index (χ0n) is 10.8. The first-order valence-corrected chi connectivity index (χ1v) is 7.33. The number of sulfone groups is 1. The number of hydrogen-bond acceptors (Lipinski definition) is 4. The van der Waals surface area contributed by atoms with Gasteiger partial charge in [0.25, 0.3) is 0 Å². The van der Waals surface area contributed by atoms with Crippen molar-refractivity contribution in [3.63, 3.8) is 0 Å². The molecule has 17 heavy (non-hydrogen) atoms. The second-order valence-electron chi connectivity index (χ2n) is 4.54. The zero-order chi connectivity index (χ0) is 12.9. The molecule has 0 aliphatic rings. The van der Waals surface area contributed by atoms with Gasteiger partial charge in [0.2, 0.25) is 5.91 Å². The Morgan fingerprint density at radius 2 is 1.76 bits per heavy atom. The smallest absolute Gasteiger partial charge is 0.238 e. The molecule has 7 heteroatoms. The fourth-order valence-corrected chi connectivity index (χ4v) is 1.75. The van der Waals surface area contributed by atoms with Crippen molar-refractivity contribution in [2.45, 2.75) is 38.5 Å². The minimum Gasteiger partial charge on any atom is -0.351 e. The predicted molar refractivity (Wildman–Crippen MR) is 72.0 cm³/mol. The number of rotatable bonds is 6. The maximum Gasteiger partial charge on any atom is 0.238 e. The lowest BCUT2D eigenvalue weighted by molar-refractivity contribution is -0.121. The monoisotopic (exact) mass is 286 g/mol. The zero-order valence-corrected chi connectivity index (χ0v) is 12.4. The van der Waals surface area contributed by atoms with Crippen molar-refractivity contribution in [3.8, 4) is 0 Å². The van der Waals surface area contributed by atoms with E-state index >= 15 is 0 Å². The number of carbonyl (C=O) groups is 1. The third-order valence-corrected chi connectivity index (χ3v) is 3.90. The fraction of sp³-hybridized carbons (Fsp3) is 0.900. The maximum absolute atomic E-state index is 11.6. The standard InChI is InChI=1S/C10H22N2O3S.ClH/c1-7(2)5-9(6-11)12-10(13)8(3)16(4,14)15;/h7-9H,5-6,11H2,1-4H3,(H,12,13);1H. The SMILES string of the molecule is CC(C)CC(CN)NC(=O)C(C)S(C)(=O)=O.Cl. The Kier molecular flexibility index (Phi) is 8.83. The van der Waals surface area contributed by atoms with Crippen LogP contribution >= 0.6 is 12.4 Å². The molecule has 5 nitrogen and oxygen atoms in total. The van der Waals surface area contributed by atoms with Crippen LogP contribution in [0.25, 0.3) is 0 Å². The summed E-state index contributed by atoms with van der Waals surface area (Å²) in [5, 5.41) is 1.64. The Morgan fingerprint density at radius 3 is 2.06 bits per heavy atom. The molecule has 0 fully saturated rings. The Balaban J connectivity index is 0. The van der Waals surface area contributed by atoms with Crippen molar-refractivity contribution in [2.75, 3.05) is 12.8 Å². The van der Waals surface area contributed by atoms with E-state index in [2.05, 4.69) is 5.32 Å².